The molecule has 4 heteroatoms. The lowest BCUT2D eigenvalue weighted by Crippen LogP contribution is -2.22. The molecule has 0 aliphatic carbocycles. The molecule has 0 atom stereocenters. The van der Waals surface area contributed by atoms with Gasteiger partial charge in [-0.3, -0.25) is 0 Å². The maximum absolute atomic E-state index is 10.4. The lowest BCUT2D eigenvalue weighted by Gasteiger charge is -2.15. The summed E-state index contributed by atoms with van der Waals surface area (Å²) >= 11 is 9.38. The van der Waals surface area contributed by atoms with Gasteiger partial charge in [0, 0.05) is 16.7 Å². The molecule has 0 saturated heterocycles. The smallest absolute Gasteiger partial charge is 0.139 e. The molecule has 0 aromatic heterocycles. The summed E-state index contributed by atoms with van der Waals surface area (Å²) in [6.45, 7) is 1.35. The molecule has 0 fully saturated rings. The topological polar surface area (TPSA) is 20.3 Å². The quantitative estimate of drug-likeness (QED) is 0.773. The van der Waals surface area contributed by atoms with Crippen molar-refractivity contribution in [3.05, 3.63) is 27.2 Å². The Balaban J connectivity index is 2.39. The van der Waals surface area contributed by atoms with Crippen LogP contribution in [0.4, 0.5) is 5.69 Å². The van der Waals surface area contributed by atoms with Gasteiger partial charge in [0.1, 0.15) is 6.29 Å². The first-order valence-electron chi connectivity index (χ1n) is 4.39. The molecular formula is C10H9BrClNO. The van der Waals surface area contributed by atoms with Gasteiger partial charge in [0.25, 0.3) is 0 Å². The molecule has 1 heterocycles. The van der Waals surface area contributed by atoms with Crippen LogP contribution in [0.3, 0.4) is 0 Å². The monoisotopic (exact) mass is 273 g/mol. The number of fused-ring (bicyclic) bond motifs is 1. The number of anilines is 1. The van der Waals surface area contributed by atoms with Crippen LogP contribution in [0, 0.1) is 0 Å². The Bertz CT molecular complexity index is 381. The third-order valence-corrected chi connectivity index (χ3v) is 3.61. The normalized spacial score (nSPS) is 14.3. The van der Waals surface area contributed by atoms with E-state index in [1.54, 1.807) is 0 Å². The van der Waals surface area contributed by atoms with Crippen molar-refractivity contribution < 1.29 is 4.79 Å². The molecule has 1 aliphatic rings. The van der Waals surface area contributed by atoms with Crippen LogP contribution >= 0.6 is 27.5 Å². The number of hydrogen-bond acceptors (Lipinski definition) is 2. The molecular weight excluding hydrogens is 265 g/mol. The van der Waals surface area contributed by atoms with Gasteiger partial charge in [-0.2, -0.15) is 0 Å². The molecule has 14 heavy (non-hydrogen) atoms. The van der Waals surface area contributed by atoms with Gasteiger partial charge in [-0.05, 0) is 40.0 Å². The van der Waals surface area contributed by atoms with E-state index in [2.05, 4.69) is 15.9 Å². The van der Waals surface area contributed by atoms with Crippen molar-refractivity contribution >= 4 is 39.5 Å². The second-order valence-electron chi connectivity index (χ2n) is 3.26. The zero-order valence-corrected chi connectivity index (χ0v) is 9.81. The van der Waals surface area contributed by atoms with Crippen molar-refractivity contribution in [1.82, 2.24) is 0 Å². The van der Waals surface area contributed by atoms with E-state index in [1.807, 2.05) is 17.0 Å². The predicted octanol–water partition coefficient (Wildman–Crippen LogP) is 2.66. The number of hydrogen-bond donors (Lipinski definition) is 0. The molecule has 74 valence electrons. The van der Waals surface area contributed by atoms with Crippen LogP contribution in [0.15, 0.2) is 16.6 Å². The second-order valence-corrected chi connectivity index (χ2v) is 4.52. The van der Waals surface area contributed by atoms with Crippen molar-refractivity contribution in [2.45, 2.75) is 6.42 Å². The third kappa shape index (κ3) is 1.66. The first kappa shape index (κ1) is 9.99. The van der Waals surface area contributed by atoms with E-state index < -0.39 is 0 Å². The lowest BCUT2D eigenvalue weighted by atomic mass is 10.2. The first-order valence-corrected chi connectivity index (χ1v) is 5.56. The molecule has 1 aliphatic heterocycles. The Morgan fingerprint density at radius 3 is 3.07 bits per heavy atom. The molecule has 0 radical (unpaired) electrons. The van der Waals surface area contributed by atoms with Gasteiger partial charge in [0.05, 0.1) is 11.6 Å². The molecule has 1 aromatic carbocycles. The van der Waals surface area contributed by atoms with E-state index in [9.17, 15) is 4.79 Å². The highest BCUT2D eigenvalue weighted by molar-refractivity contribution is 9.10. The highest BCUT2D eigenvalue weighted by Gasteiger charge is 2.19. The largest absolute Gasteiger partial charge is 0.364 e. The van der Waals surface area contributed by atoms with Gasteiger partial charge in [-0.15, -0.1) is 0 Å². The molecule has 0 amide bonds. The van der Waals surface area contributed by atoms with Crippen molar-refractivity contribution in [3.8, 4) is 0 Å². The number of aldehydes is 1. The van der Waals surface area contributed by atoms with Crippen molar-refractivity contribution in [2.24, 2.45) is 0 Å². The second kappa shape index (κ2) is 3.91. The van der Waals surface area contributed by atoms with E-state index in [-0.39, 0.29) is 0 Å². The molecule has 0 saturated carbocycles. The standard InChI is InChI=1S/C10H9BrClNO/c11-8-5-7-1-2-13(3-4-14)10(7)6-9(8)12/h4-6H,1-3H2. The van der Waals surface area contributed by atoms with Gasteiger partial charge in [-0.1, -0.05) is 11.6 Å². The highest BCUT2D eigenvalue weighted by atomic mass is 79.9. The molecule has 0 unspecified atom stereocenters. The minimum Gasteiger partial charge on any atom is -0.364 e. The number of carbonyl (C=O) groups excluding carboxylic acids is 1. The van der Waals surface area contributed by atoms with Crippen molar-refractivity contribution in [1.29, 1.82) is 0 Å². The van der Waals surface area contributed by atoms with E-state index in [0.29, 0.717) is 11.6 Å². The van der Waals surface area contributed by atoms with Crippen LogP contribution in [0.25, 0.3) is 0 Å². The van der Waals surface area contributed by atoms with Gasteiger partial charge < -0.3 is 9.69 Å². The van der Waals surface area contributed by atoms with E-state index in [1.165, 1.54) is 5.56 Å². The fourth-order valence-electron chi connectivity index (χ4n) is 1.73. The van der Waals surface area contributed by atoms with E-state index >= 15 is 0 Å². The zero-order valence-electron chi connectivity index (χ0n) is 7.46. The maximum Gasteiger partial charge on any atom is 0.139 e. The maximum atomic E-state index is 10.4. The van der Waals surface area contributed by atoms with Gasteiger partial charge in [-0.25, -0.2) is 0 Å². The Hall–Kier alpha value is -0.540. The molecule has 2 rings (SSSR count). The summed E-state index contributed by atoms with van der Waals surface area (Å²) in [7, 11) is 0. The number of carbonyl (C=O) groups is 1. The first-order chi connectivity index (χ1) is 6.72. The molecule has 0 spiro atoms. The number of nitrogens with zero attached hydrogens (tertiary/aromatic N) is 1. The predicted molar refractivity (Wildman–Crippen MR) is 61.1 cm³/mol. The summed E-state index contributed by atoms with van der Waals surface area (Å²) in [5, 5.41) is 0.696. The Kier molecular flexibility index (Phi) is 2.79. The minimum absolute atomic E-state index is 0.449. The van der Waals surface area contributed by atoms with Crippen LogP contribution in [0.1, 0.15) is 5.56 Å². The lowest BCUT2D eigenvalue weighted by molar-refractivity contribution is -0.106. The summed E-state index contributed by atoms with van der Waals surface area (Å²) in [6, 6.07) is 3.94. The zero-order chi connectivity index (χ0) is 10.1. The number of benzene rings is 1. The summed E-state index contributed by atoms with van der Waals surface area (Å²) in [4.78, 5) is 12.5. The van der Waals surface area contributed by atoms with Crippen LogP contribution < -0.4 is 4.90 Å². The molecule has 2 nitrogen and oxygen atoms in total. The van der Waals surface area contributed by atoms with E-state index in [4.69, 9.17) is 11.6 Å². The summed E-state index contributed by atoms with van der Waals surface area (Å²) in [5.74, 6) is 0. The van der Waals surface area contributed by atoms with Crippen molar-refractivity contribution in [2.75, 3.05) is 18.0 Å². The fourth-order valence-corrected chi connectivity index (χ4v) is 2.28. The van der Waals surface area contributed by atoms with Crippen LogP contribution in [-0.4, -0.2) is 19.4 Å². The SMILES string of the molecule is O=CCN1CCc2cc(Br)c(Cl)cc21. The van der Waals surface area contributed by atoms with Crippen LogP contribution in [-0.2, 0) is 11.2 Å². The fraction of sp³-hybridized carbons (Fsp3) is 0.300. The molecule has 1 aromatic rings. The number of halogens is 2. The Morgan fingerprint density at radius 2 is 2.36 bits per heavy atom. The van der Waals surface area contributed by atoms with Crippen molar-refractivity contribution in [3.63, 3.8) is 0 Å². The average Bonchev–Trinajstić information content (AvgIpc) is 2.51. The average molecular weight is 275 g/mol. The summed E-state index contributed by atoms with van der Waals surface area (Å²) < 4.78 is 0.922. The van der Waals surface area contributed by atoms with Crippen LogP contribution in [0.5, 0.6) is 0 Å². The Morgan fingerprint density at radius 1 is 1.57 bits per heavy atom. The Labute approximate surface area is 96.0 Å². The van der Waals surface area contributed by atoms with Gasteiger partial charge >= 0.3 is 0 Å². The summed E-state index contributed by atoms with van der Waals surface area (Å²) in [5.41, 5.74) is 2.34. The van der Waals surface area contributed by atoms with E-state index in [0.717, 1.165) is 29.4 Å². The summed E-state index contributed by atoms with van der Waals surface area (Å²) in [6.07, 6.45) is 1.91. The molecule has 0 N–H and O–H groups in total. The van der Waals surface area contributed by atoms with Crippen LogP contribution in [0.2, 0.25) is 5.02 Å². The highest BCUT2D eigenvalue weighted by Crippen LogP contribution is 2.35. The van der Waals surface area contributed by atoms with Gasteiger partial charge in [0.15, 0.2) is 0 Å². The minimum atomic E-state index is 0.449. The third-order valence-electron chi connectivity index (χ3n) is 2.41. The molecule has 0 bridgehead atoms. The number of rotatable bonds is 2. The van der Waals surface area contributed by atoms with Gasteiger partial charge in [0.2, 0.25) is 0 Å².